The van der Waals surface area contributed by atoms with E-state index in [0.29, 0.717) is 17.7 Å². The first-order valence-corrected chi connectivity index (χ1v) is 7.38. The largest absolute Gasteiger partial charge is 0.367 e. The SMILES string of the molecule is O=C(CCc1cc[nH]c1)N1CCC2(CCNCC2)C1. The topological polar surface area (TPSA) is 48.1 Å². The third kappa shape index (κ3) is 2.84. The van der Waals surface area contributed by atoms with Crippen LogP contribution in [0.4, 0.5) is 0 Å². The van der Waals surface area contributed by atoms with Crippen molar-refractivity contribution in [2.24, 2.45) is 5.41 Å². The minimum Gasteiger partial charge on any atom is -0.367 e. The molecule has 1 spiro atoms. The Balaban J connectivity index is 1.51. The standard InChI is InChI=1S/C15H23N3O/c19-14(2-1-13-3-7-17-11-13)18-10-6-15(12-18)4-8-16-9-5-15/h3,7,11,16-17H,1-2,4-6,8-10,12H2. The number of likely N-dealkylation sites (tertiary alicyclic amines) is 1. The second-order valence-corrected chi connectivity index (χ2v) is 6.03. The minimum atomic E-state index is 0.330. The molecular formula is C15H23N3O. The van der Waals surface area contributed by atoms with E-state index in [0.717, 1.165) is 32.6 Å². The highest BCUT2D eigenvalue weighted by Gasteiger charge is 2.40. The number of piperidine rings is 1. The van der Waals surface area contributed by atoms with E-state index in [1.54, 1.807) is 0 Å². The fourth-order valence-corrected chi connectivity index (χ4v) is 3.44. The Bertz CT molecular complexity index is 421. The second kappa shape index (κ2) is 5.37. The summed E-state index contributed by atoms with van der Waals surface area (Å²) in [7, 11) is 0. The van der Waals surface area contributed by atoms with Crippen LogP contribution in [0.15, 0.2) is 18.5 Å². The maximum Gasteiger partial charge on any atom is 0.222 e. The van der Waals surface area contributed by atoms with Gasteiger partial charge in [0.25, 0.3) is 0 Å². The zero-order chi connectivity index (χ0) is 13.1. The van der Waals surface area contributed by atoms with Crippen LogP contribution >= 0.6 is 0 Å². The van der Waals surface area contributed by atoms with E-state index in [9.17, 15) is 4.79 Å². The number of rotatable bonds is 3. The normalized spacial score (nSPS) is 22.0. The van der Waals surface area contributed by atoms with E-state index < -0.39 is 0 Å². The molecule has 1 aromatic rings. The first-order valence-electron chi connectivity index (χ1n) is 7.38. The van der Waals surface area contributed by atoms with Crippen LogP contribution in [0.25, 0.3) is 0 Å². The highest BCUT2D eigenvalue weighted by atomic mass is 16.2. The second-order valence-electron chi connectivity index (χ2n) is 6.03. The zero-order valence-electron chi connectivity index (χ0n) is 11.5. The lowest BCUT2D eigenvalue weighted by atomic mass is 9.78. The summed E-state index contributed by atoms with van der Waals surface area (Å²) in [5.41, 5.74) is 1.65. The van der Waals surface area contributed by atoms with Crippen molar-refractivity contribution in [3.63, 3.8) is 0 Å². The van der Waals surface area contributed by atoms with Crippen LogP contribution < -0.4 is 5.32 Å². The molecule has 19 heavy (non-hydrogen) atoms. The molecule has 1 amide bonds. The molecule has 0 unspecified atom stereocenters. The van der Waals surface area contributed by atoms with E-state index >= 15 is 0 Å². The molecule has 2 saturated heterocycles. The first kappa shape index (κ1) is 12.7. The zero-order valence-corrected chi connectivity index (χ0v) is 11.5. The van der Waals surface area contributed by atoms with Gasteiger partial charge in [0, 0.05) is 31.9 Å². The van der Waals surface area contributed by atoms with E-state index in [1.165, 1.54) is 24.8 Å². The summed E-state index contributed by atoms with van der Waals surface area (Å²) in [6.45, 7) is 4.18. The van der Waals surface area contributed by atoms with Crippen molar-refractivity contribution in [3.8, 4) is 0 Å². The van der Waals surface area contributed by atoms with Gasteiger partial charge in [-0.1, -0.05) is 0 Å². The van der Waals surface area contributed by atoms with Gasteiger partial charge in [-0.05, 0) is 55.8 Å². The number of H-pyrrole nitrogens is 1. The number of carbonyl (C=O) groups is 1. The van der Waals surface area contributed by atoms with Crippen LogP contribution in [0, 0.1) is 5.41 Å². The van der Waals surface area contributed by atoms with Crippen molar-refractivity contribution in [1.29, 1.82) is 0 Å². The van der Waals surface area contributed by atoms with E-state index in [-0.39, 0.29) is 0 Å². The molecule has 2 aliphatic rings. The monoisotopic (exact) mass is 261 g/mol. The molecule has 4 nitrogen and oxygen atoms in total. The van der Waals surface area contributed by atoms with Crippen LogP contribution in [-0.4, -0.2) is 42.0 Å². The van der Waals surface area contributed by atoms with E-state index in [4.69, 9.17) is 0 Å². The summed E-state index contributed by atoms with van der Waals surface area (Å²) in [6, 6.07) is 2.05. The number of aromatic amines is 1. The van der Waals surface area contributed by atoms with Gasteiger partial charge in [0.05, 0.1) is 0 Å². The van der Waals surface area contributed by atoms with Crippen molar-refractivity contribution in [3.05, 3.63) is 24.0 Å². The summed E-state index contributed by atoms with van der Waals surface area (Å²) in [5, 5.41) is 3.42. The molecule has 3 heterocycles. The number of aromatic nitrogens is 1. The van der Waals surface area contributed by atoms with Gasteiger partial charge in [-0.2, -0.15) is 0 Å². The predicted octanol–water partition coefficient (Wildman–Crippen LogP) is 1.55. The van der Waals surface area contributed by atoms with Crippen LogP contribution in [0.2, 0.25) is 0 Å². The lowest BCUT2D eigenvalue weighted by Gasteiger charge is -2.33. The fraction of sp³-hybridized carbons (Fsp3) is 0.667. The van der Waals surface area contributed by atoms with Gasteiger partial charge in [-0.15, -0.1) is 0 Å². The Morgan fingerprint density at radius 2 is 2.16 bits per heavy atom. The Morgan fingerprint density at radius 3 is 2.89 bits per heavy atom. The smallest absolute Gasteiger partial charge is 0.222 e. The average molecular weight is 261 g/mol. The lowest BCUT2D eigenvalue weighted by molar-refractivity contribution is -0.130. The molecule has 0 saturated carbocycles. The molecule has 104 valence electrons. The van der Waals surface area contributed by atoms with Crippen molar-refractivity contribution in [2.75, 3.05) is 26.2 Å². The lowest BCUT2D eigenvalue weighted by Crippen LogP contribution is -2.39. The number of hydrogen-bond acceptors (Lipinski definition) is 2. The van der Waals surface area contributed by atoms with Crippen molar-refractivity contribution >= 4 is 5.91 Å². The number of aryl methyl sites for hydroxylation is 1. The average Bonchev–Trinajstić information content (AvgIpc) is 3.07. The maximum absolute atomic E-state index is 12.3. The number of amides is 1. The Labute approximate surface area is 114 Å². The predicted molar refractivity (Wildman–Crippen MR) is 74.8 cm³/mol. The third-order valence-electron chi connectivity index (χ3n) is 4.75. The Hall–Kier alpha value is -1.29. The third-order valence-corrected chi connectivity index (χ3v) is 4.75. The molecule has 3 rings (SSSR count). The summed E-state index contributed by atoms with van der Waals surface area (Å²) in [6.07, 6.45) is 9.05. The maximum atomic E-state index is 12.3. The highest BCUT2D eigenvalue weighted by Crippen LogP contribution is 2.38. The Morgan fingerprint density at radius 1 is 1.32 bits per heavy atom. The van der Waals surface area contributed by atoms with Gasteiger partial charge in [-0.25, -0.2) is 0 Å². The van der Waals surface area contributed by atoms with Crippen LogP contribution in [0.3, 0.4) is 0 Å². The molecule has 0 atom stereocenters. The van der Waals surface area contributed by atoms with E-state index in [2.05, 4.69) is 15.2 Å². The summed E-state index contributed by atoms with van der Waals surface area (Å²) in [4.78, 5) is 17.4. The van der Waals surface area contributed by atoms with Gasteiger partial charge >= 0.3 is 0 Å². The molecule has 0 aliphatic carbocycles. The number of carbonyl (C=O) groups excluding carboxylic acids is 1. The number of nitrogens with zero attached hydrogens (tertiary/aromatic N) is 1. The molecule has 0 aromatic carbocycles. The highest BCUT2D eigenvalue weighted by molar-refractivity contribution is 5.76. The first-order chi connectivity index (χ1) is 9.27. The van der Waals surface area contributed by atoms with Gasteiger partial charge in [-0.3, -0.25) is 4.79 Å². The van der Waals surface area contributed by atoms with Gasteiger partial charge in [0.15, 0.2) is 0 Å². The molecule has 4 heteroatoms. The van der Waals surface area contributed by atoms with Crippen LogP contribution in [0.1, 0.15) is 31.2 Å². The fourth-order valence-electron chi connectivity index (χ4n) is 3.44. The van der Waals surface area contributed by atoms with Gasteiger partial charge < -0.3 is 15.2 Å². The molecule has 2 aliphatic heterocycles. The van der Waals surface area contributed by atoms with Crippen LogP contribution in [-0.2, 0) is 11.2 Å². The summed E-state index contributed by atoms with van der Waals surface area (Å²) >= 11 is 0. The van der Waals surface area contributed by atoms with Crippen molar-refractivity contribution in [1.82, 2.24) is 15.2 Å². The van der Waals surface area contributed by atoms with Gasteiger partial charge in [0.1, 0.15) is 0 Å². The molecular weight excluding hydrogens is 238 g/mol. The molecule has 2 fully saturated rings. The minimum absolute atomic E-state index is 0.330. The van der Waals surface area contributed by atoms with Gasteiger partial charge in [0.2, 0.25) is 5.91 Å². The molecule has 0 radical (unpaired) electrons. The molecule has 1 aromatic heterocycles. The van der Waals surface area contributed by atoms with Crippen LogP contribution in [0.5, 0.6) is 0 Å². The molecule has 0 bridgehead atoms. The van der Waals surface area contributed by atoms with Crippen molar-refractivity contribution in [2.45, 2.75) is 32.1 Å². The number of nitrogens with one attached hydrogen (secondary N) is 2. The quantitative estimate of drug-likeness (QED) is 0.867. The number of hydrogen-bond donors (Lipinski definition) is 2. The van der Waals surface area contributed by atoms with E-state index in [1.807, 2.05) is 18.5 Å². The summed E-state index contributed by atoms with van der Waals surface area (Å²) in [5.74, 6) is 0.330. The van der Waals surface area contributed by atoms with Crippen molar-refractivity contribution < 1.29 is 4.79 Å². The summed E-state index contributed by atoms with van der Waals surface area (Å²) < 4.78 is 0. The molecule has 2 N–H and O–H groups in total. The Kier molecular flexibility index (Phi) is 3.60.